The number of carbonyl (C=O) groups excluding carboxylic acids is 1. The number of rotatable bonds is 7. The predicted octanol–water partition coefficient (Wildman–Crippen LogP) is 1.47. The summed E-state index contributed by atoms with van der Waals surface area (Å²) < 4.78 is 5.23. The smallest absolute Gasteiger partial charge is 0.337 e. The number of nitrogens with zero attached hydrogens (tertiary/aromatic N) is 1. The van der Waals surface area contributed by atoms with Crippen LogP contribution in [-0.2, 0) is 4.79 Å². The summed E-state index contributed by atoms with van der Waals surface area (Å²) in [6.07, 6.45) is 9.22. The van der Waals surface area contributed by atoms with Gasteiger partial charge >= 0.3 is 5.97 Å². The molecule has 0 fully saturated rings. The van der Waals surface area contributed by atoms with E-state index in [0.29, 0.717) is 12.8 Å². The second-order valence-electron chi connectivity index (χ2n) is 4.48. The molecule has 0 saturated carbocycles. The Bertz CT molecular complexity index is 559. The molecule has 0 aliphatic carbocycles. The lowest BCUT2D eigenvalue weighted by Crippen LogP contribution is -2.48. The zero-order chi connectivity index (χ0) is 15.9. The first-order valence-electron chi connectivity index (χ1n) is 6.56. The van der Waals surface area contributed by atoms with Gasteiger partial charge in [0, 0.05) is 6.20 Å². The third kappa shape index (κ3) is 4.49. The van der Waals surface area contributed by atoms with E-state index in [1.165, 1.54) is 18.5 Å². The first-order chi connectivity index (χ1) is 9.96. The van der Waals surface area contributed by atoms with Gasteiger partial charge in [-0.25, -0.2) is 4.79 Å². The van der Waals surface area contributed by atoms with Crippen molar-refractivity contribution in [3.63, 3.8) is 0 Å². The molecule has 1 aromatic heterocycles. The number of aromatic nitrogens is 1. The number of ether oxygens (including phenoxy) is 1. The lowest BCUT2D eigenvalue weighted by molar-refractivity contribution is -0.124. The van der Waals surface area contributed by atoms with Gasteiger partial charge in [0.15, 0.2) is 6.61 Å². The molecule has 0 bridgehead atoms. The number of hydrogen-bond acceptors (Lipinski definition) is 4. The maximum atomic E-state index is 11.9. The number of carbonyl (C=O) groups is 2. The van der Waals surface area contributed by atoms with E-state index in [9.17, 15) is 9.59 Å². The third-order valence-corrected chi connectivity index (χ3v) is 3.19. The quantitative estimate of drug-likeness (QED) is 0.742. The largest absolute Gasteiger partial charge is 0.482 e. The van der Waals surface area contributed by atoms with Crippen molar-refractivity contribution < 1.29 is 19.4 Å². The molecule has 1 heterocycles. The lowest BCUT2D eigenvalue weighted by atomic mass is 9.94. The zero-order valence-electron chi connectivity index (χ0n) is 12.0. The van der Waals surface area contributed by atoms with Crippen LogP contribution in [0.4, 0.5) is 0 Å². The van der Waals surface area contributed by atoms with Gasteiger partial charge in [-0.05, 0) is 18.9 Å². The summed E-state index contributed by atoms with van der Waals surface area (Å²) in [5, 5.41) is 11.6. The van der Waals surface area contributed by atoms with Crippen molar-refractivity contribution in [2.45, 2.75) is 32.2 Å². The molecule has 0 aliphatic heterocycles. The van der Waals surface area contributed by atoms with Crippen LogP contribution in [0.3, 0.4) is 0 Å². The number of carboxylic acid groups (broad SMARTS) is 1. The van der Waals surface area contributed by atoms with E-state index < -0.39 is 11.5 Å². The highest BCUT2D eigenvalue weighted by Crippen LogP contribution is 2.14. The highest BCUT2D eigenvalue weighted by molar-refractivity contribution is 5.87. The summed E-state index contributed by atoms with van der Waals surface area (Å²) >= 11 is 0. The minimum Gasteiger partial charge on any atom is -0.482 e. The number of hydrogen-bond donors (Lipinski definition) is 2. The lowest BCUT2D eigenvalue weighted by Gasteiger charge is -2.26. The normalized spacial score (nSPS) is 10.5. The van der Waals surface area contributed by atoms with Crippen LogP contribution in [0, 0.1) is 12.3 Å². The number of terminal acetylenes is 1. The minimum atomic E-state index is -1.11. The van der Waals surface area contributed by atoms with Crippen molar-refractivity contribution in [1.29, 1.82) is 0 Å². The van der Waals surface area contributed by atoms with Crippen LogP contribution in [0.1, 0.15) is 37.0 Å². The van der Waals surface area contributed by atoms with Gasteiger partial charge in [0.2, 0.25) is 0 Å². The SMILES string of the molecule is C#CC(CC)(CC)NC(=O)COc1cncc(C(=O)O)c1. The minimum absolute atomic E-state index is 0.00648. The summed E-state index contributed by atoms with van der Waals surface area (Å²) in [6, 6.07) is 1.30. The predicted molar refractivity (Wildman–Crippen MR) is 77.0 cm³/mol. The van der Waals surface area contributed by atoms with E-state index in [1.54, 1.807) is 0 Å². The van der Waals surface area contributed by atoms with E-state index in [1.807, 2.05) is 13.8 Å². The molecule has 6 nitrogen and oxygen atoms in total. The standard InChI is InChI=1S/C15H18N2O4/c1-4-15(5-2,6-3)17-13(18)10-21-12-7-11(14(19)20)8-16-9-12/h1,7-9H,5-6,10H2,2-3H3,(H,17,18)(H,19,20). The molecule has 0 aliphatic rings. The van der Waals surface area contributed by atoms with Crippen molar-refractivity contribution in [3.8, 4) is 18.1 Å². The maximum absolute atomic E-state index is 11.9. The molecule has 2 N–H and O–H groups in total. The Kier molecular flexibility index (Phi) is 5.73. The molecular formula is C15H18N2O4. The zero-order valence-corrected chi connectivity index (χ0v) is 12.0. The van der Waals surface area contributed by atoms with Crippen LogP contribution in [0.5, 0.6) is 5.75 Å². The number of amides is 1. The van der Waals surface area contributed by atoms with E-state index in [4.69, 9.17) is 16.3 Å². The van der Waals surface area contributed by atoms with Crippen molar-refractivity contribution in [1.82, 2.24) is 10.3 Å². The Morgan fingerprint density at radius 1 is 1.43 bits per heavy atom. The first-order valence-corrected chi connectivity index (χ1v) is 6.56. The van der Waals surface area contributed by atoms with Gasteiger partial charge in [-0.2, -0.15) is 0 Å². The van der Waals surface area contributed by atoms with Crippen LogP contribution in [0.2, 0.25) is 0 Å². The molecule has 1 aromatic rings. The van der Waals surface area contributed by atoms with Gasteiger partial charge in [0.1, 0.15) is 11.3 Å². The molecule has 0 saturated heterocycles. The molecule has 0 spiro atoms. The van der Waals surface area contributed by atoms with E-state index in [-0.39, 0.29) is 23.8 Å². The number of aromatic carboxylic acids is 1. The van der Waals surface area contributed by atoms with Gasteiger partial charge in [0.25, 0.3) is 5.91 Å². The van der Waals surface area contributed by atoms with E-state index in [2.05, 4.69) is 16.2 Å². The fourth-order valence-corrected chi connectivity index (χ4v) is 1.73. The fourth-order valence-electron chi connectivity index (χ4n) is 1.73. The monoisotopic (exact) mass is 290 g/mol. The maximum Gasteiger partial charge on any atom is 0.337 e. The molecule has 112 valence electrons. The molecule has 21 heavy (non-hydrogen) atoms. The number of nitrogens with one attached hydrogen (secondary N) is 1. The van der Waals surface area contributed by atoms with Crippen LogP contribution in [0.25, 0.3) is 0 Å². The summed E-state index contributed by atoms with van der Waals surface area (Å²) in [6.45, 7) is 3.53. The van der Waals surface area contributed by atoms with Crippen molar-refractivity contribution in [2.24, 2.45) is 0 Å². The van der Waals surface area contributed by atoms with Crippen molar-refractivity contribution in [2.75, 3.05) is 6.61 Å². The van der Waals surface area contributed by atoms with Crippen LogP contribution >= 0.6 is 0 Å². The Morgan fingerprint density at radius 3 is 2.62 bits per heavy atom. The Morgan fingerprint density at radius 2 is 2.10 bits per heavy atom. The molecular weight excluding hydrogens is 272 g/mol. The highest BCUT2D eigenvalue weighted by Gasteiger charge is 2.25. The van der Waals surface area contributed by atoms with Gasteiger partial charge in [0.05, 0.1) is 11.8 Å². The summed E-state index contributed by atoms with van der Waals surface area (Å²) in [4.78, 5) is 26.4. The summed E-state index contributed by atoms with van der Waals surface area (Å²) in [7, 11) is 0. The molecule has 1 amide bonds. The average molecular weight is 290 g/mol. The van der Waals surface area contributed by atoms with E-state index >= 15 is 0 Å². The third-order valence-electron chi connectivity index (χ3n) is 3.19. The summed E-state index contributed by atoms with van der Waals surface area (Å²) in [5.74, 6) is 1.33. The van der Waals surface area contributed by atoms with Gasteiger partial charge in [-0.1, -0.05) is 19.8 Å². The Balaban J connectivity index is 2.63. The highest BCUT2D eigenvalue weighted by atomic mass is 16.5. The van der Waals surface area contributed by atoms with Gasteiger partial charge < -0.3 is 15.2 Å². The van der Waals surface area contributed by atoms with Crippen LogP contribution in [-0.4, -0.2) is 34.1 Å². The van der Waals surface area contributed by atoms with Gasteiger partial charge in [-0.3, -0.25) is 9.78 Å². The van der Waals surface area contributed by atoms with Crippen molar-refractivity contribution in [3.05, 3.63) is 24.0 Å². The average Bonchev–Trinajstić information content (AvgIpc) is 2.51. The Labute approximate surface area is 123 Å². The topological polar surface area (TPSA) is 88.5 Å². The first kappa shape index (κ1) is 16.5. The molecule has 0 radical (unpaired) electrons. The second kappa shape index (κ2) is 7.29. The molecule has 6 heteroatoms. The summed E-state index contributed by atoms with van der Waals surface area (Å²) in [5.41, 5.74) is -0.685. The molecule has 0 unspecified atom stereocenters. The van der Waals surface area contributed by atoms with E-state index in [0.717, 1.165) is 0 Å². The van der Waals surface area contributed by atoms with Crippen LogP contribution in [0.15, 0.2) is 18.5 Å². The number of pyridine rings is 1. The Hall–Kier alpha value is -2.55. The number of carboxylic acids is 1. The molecule has 0 aromatic carbocycles. The second-order valence-corrected chi connectivity index (χ2v) is 4.48. The van der Waals surface area contributed by atoms with Crippen molar-refractivity contribution >= 4 is 11.9 Å². The fraction of sp³-hybridized carbons (Fsp3) is 0.400. The molecule has 0 atom stereocenters. The van der Waals surface area contributed by atoms with Crippen LogP contribution < -0.4 is 10.1 Å². The molecule has 1 rings (SSSR count). The van der Waals surface area contributed by atoms with Gasteiger partial charge in [-0.15, -0.1) is 6.42 Å².